The fourth-order valence-electron chi connectivity index (χ4n) is 3.17. The monoisotopic (exact) mass is 287 g/mol. The molecule has 0 fully saturated rings. The standard InChI is InChI=1S/C19H29NO/c1-2-3-4-5-6-7-8-12-19(21)18-11-9-10-16-15-20-14-13-17(16)18/h9-11,20H,2-8,12-15H2,1H3. The molecular weight excluding hydrogens is 258 g/mol. The number of hydrogen-bond acceptors (Lipinski definition) is 2. The van der Waals surface area contributed by atoms with E-state index in [1.807, 2.05) is 12.1 Å². The lowest BCUT2D eigenvalue weighted by Gasteiger charge is -2.19. The van der Waals surface area contributed by atoms with Crippen molar-refractivity contribution in [1.29, 1.82) is 0 Å². The Balaban J connectivity index is 1.76. The molecule has 1 heterocycles. The van der Waals surface area contributed by atoms with Gasteiger partial charge in [0, 0.05) is 18.5 Å². The molecular formula is C19H29NO. The molecule has 0 saturated carbocycles. The van der Waals surface area contributed by atoms with Gasteiger partial charge in [0.1, 0.15) is 0 Å². The molecule has 0 bridgehead atoms. The van der Waals surface area contributed by atoms with E-state index in [0.29, 0.717) is 5.78 Å². The molecule has 0 atom stereocenters. The second-order valence-electron chi connectivity index (χ2n) is 6.16. The highest BCUT2D eigenvalue weighted by Gasteiger charge is 2.16. The van der Waals surface area contributed by atoms with Crippen molar-refractivity contribution in [3.8, 4) is 0 Å². The summed E-state index contributed by atoms with van der Waals surface area (Å²) in [5.74, 6) is 0.349. The van der Waals surface area contributed by atoms with E-state index in [2.05, 4.69) is 18.3 Å². The van der Waals surface area contributed by atoms with E-state index < -0.39 is 0 Å². The van der Waals surface area contributed by atoms with Gasteiger partial charge in [0.2, 0.25) is 0 Å². The third-order valence-corrected chi connectivity index (χ3v) is 4.45. The summed E-state index contributed by atoms with van der Waals surface area (Å²) in [4.78, 5) is 12.4. The van der Waals surface area contributed by atoms with Gasteiger partial charge in [0.15, 0.2) is 5.78 Å². The van der Waals surface area contributed by atoms with Crippen LogP contribution in [-0.4, -0.2) is 12.3 Å². The van der Waals surface area contributed by atoms with Gasteiger partial charge in [-0.15, -0.1) is 0 Å². The third kappa shape index (κ3) is 4.96. The molecule has 2 heteroatoms. The molecule has 1 aliphatic rings. The van der Waals surface area contributed by atoms with E-state index in [1.165, 1.54) is 49.7 Å². The van der Waals surface area contributed by atoms with Crippen LogP contribution in [0.4, 0.5) is 0 Å². The molecule has 21 heavy (non-hydrogen) atoms. The van der Waals surface area contributed by atoms with Gasteiger partial charge in [0.25, 0.3) is 0 Å². The zero-order chi connectivity index (χ0) is 14.9. The Labute approximate surface area is 129 Å². The highest BCUT2D eigenvalue weighted by Crippen LogP contribution is 2.21. The number of hydrogen-bond donors (Lipinski definition) is 1. The molecule has 0 radical (unpaired) electrons. The number of fused-ring (bicyclic) bond motifs is 1. The first-order chi connectivity index (χ1) is 10.3. The second kappa shape index (κ2) is 8.99. The number of unbranched alkanes of at least 4 members (excludes halogenated alkanes) is 6. The van der Waals surface area contributed by atoms with Crippen molar-refractivity contribution in [2.45, 2.75) is 71.3 Å². The van der Waals surface area contributed by atoms with Crippen LogP contribution in [0.1, 0.15) is 79.8 Å². The zero-order valence-corrected chi connectivity index (χ0v) is 13.4. The van der Waals surface area contributed by atoms with Gasteiger partial charge >= 0.3 is 0 Å². The number of carbonyl (C=O) groups is 1. The van der Waals surface area contributed by atoms with E-state index >= 15 is 0 Å². The van der Waals surface area contributed by atoms with Crippen LogP contribution >= 0.6 is 0 Å². The molecule has 0 saturated heterocycles. The van der Waals surface area contributed by atoms with Crippen molar-refractivity contribution >= 4 is 5.78 Å². The van der Waals surface area contributed by atoms with E-state index in [1.54, 1.807) is 0 Å². The second-order valence-corrected chi connectivity index (χ2v) is 6.16. The third-order valence-electron chi connectivity index (χ3n) is 4.45. The largest absolute Gasteiger partial charge is 0.312 e. The summed E-state index contributed by atoms with van der Waals surface area (Å²) < 4.78 is 0. The van der Waals surface area contributed by atoms with Crippen molar-refractivity contribution in [2.24, 2.45) is 0 Å². The van der Waals surface area contributed by atoms with Crippen LogP contribution in [0.15, 0.2) is 18.2 Å². The lowest BCUT2D eigenvalue weighted by molar-refractivity contribution is 0.0978. The molecule has 0 aromatic heterocycles. The van der Waals surface area contributed by atoms with E-state index in [4.69, 9.17) is 0 Å². The van der Waals surface area contributed by atoms with Gasteiger partial charge < -0.3 is 5.32 Å². The summed E-state index contributed by atoms with van der Waals surface area (Å²) in [5.41, 5.74) is 3.59. The van der Waals surface area contributed by atoms with Crippen LogP contribution in [-0.2, 0) is 13.0 Å². The molecule has 2 rings (SSSR count). The molecule has 1 aromatic carbocycles. The summed E-state index contributed by atoms with van der Waals surface area (Å²) in [6.07, 6.45) is 10.6. The number of rotatable bonds is 9. The number of Topliss-reactive ketones (excluding diaryl/α,β-unsaturated/α-hetero) is 1. The lowest BCUT2D eigenvalue weighted by atomic mass is 9.91. The van der Waals surface area contributed by atoms with Crippen LogP contribution in [0.5, 0.6) is 0 Å². The average molecular weight is 287 g/mol. The predicted molar refractivity (Wildman–Crippen MR) is 88.8 cm³/mol. The minimum Gasteiger partial charge on any atom is -0.312 e. The Morgan fingerprint density at radius 2 is 1.86 bits per heavy atom. The van der Waals surface area contributed by atoms with Gasteiger partial charge in [-0.05, 0) is 30.5 Å². The molecule has 0 spiro atoms. The molecule has 0 unspecified atom stereocenters. The smallest absolute Gasteiger partial charge is 0.163 e. The SMILES string of the molecule is CCCCCCCCCC(=O)c1cccc2c1CCNC2. The molecule has 0 aliphatic carbocycles. The first-order valence-electron chi connectivity index (χ1n) is 8.67. The predicted octanol–water partition coefficient (Wildman–Crippen LogP) is 4.66. The van der Waals surface area contributed by atoms with E-state index in [-0.39, 0.29) is 0 Å². The van der Waals surface area contributed by atoms with Crippen molar-refractivity contribution in [1.82, 2.24) is 5.32 Å². The maximum Gasteiger partial charge on any atom is 0.163 e. The number of nitrogens with one attached hydrogen (secondary N) is 1. The van der Waals surface area contributed by atoms with Crippen molar-refractivity contribution in [3.05, 3.63) is 34.9 Å². The first kappa shape index (κ1) is 16.2. The van der Waals surface area contributed by atoms with Crippen molar-refractivity contribution in [3.63, 3.8) is 0 Å². The molecule has 0 amide bonds. The van der Waals surface area contributed by atoms with Crippen LogP contribution in [0.3, 0.4) is 0 Å². The molecule has 116 valence electrons. The molecule has 1 aliphatic heterocycles. The highest BCUT2D eigenvalue weighted by atomic mass is 16.1. The van der Waals surface area contributed by atoms with Gasteiger partial charge in [-0.2, -0.15) is 0 Å². The molecule has 2 nitrogen and oxygen atoms in total. The Morgan fingerprint density at radius 3 is 2.67 bits per heavy atom. The van der Waals surface area contributed by atoms with Crippen LogP contribution in [0, 0.1) is 0 Å². The summed E-state index contributed by atoms with van der Waals surface area (Å²) in [6.45, 7) is 4.15. The van der Waals surface area contributed by atoms with Crippen LogP contribution in [0.2, 0.25) is 0 Å². The van der Waals surface area contributed by atoms with Gasteiger partial charge in [-0.25, -0.2) is 0 Å². The fraction of sp³-hybridized carbons (Fsp3) is 0.632. The Bertz CT molecular complexity index is 453. The van der Waals surface area contributed by atoms with E-state index in [0.717, 1.165) is 37.9 Å². The maximum absolute atomic E-state index is 12.4. The Morgan fingerprint density at radius 1 is 1.10 bits per heavy atom. The van der Waals surface area contributed by atoms with Crippen molar-refractivity contribution in [2.75, 3.05) is 6.54 Å². The number of benzene rings is 1. The van der Waals surface area contributed by atoms with Crippen LogP contribution < -0.4 is 5.32 Å². The minimum absolute atomic E-state index is 0.349. The summed E-state index contributed by atoms with van der Waals surface area (Å²) in [5, 5.41) is 3.37. The van der Waals surface area contributed by atoms with Gasteiger partial charge in [-0.3, -0.25) is 4.79 Å². The molecule has 1 aromatic rings. The lowest BCUT2D eigenvalue weighted by Crippen LogP contribution is -2.25. The topological polar surface area (TPSA) is 29.1 Å². The average Bonchev–Trinajstić information content (AvgIpc) is 2.53. The van der Waals surface area contributed by atoms with Crippen LogP contribution in [0.25, 0.3) is 0 Å². The van der Waals surface area contributed by atoms with Gasteiger partial charge in [0.05, 0.1) is 0 Å². The Hall–Kier alpha value is -1.15. The summed E-state index contributed by atoms with van der Waals surface area (Å²) in [6, 6.07) is 6.20. The quantitative estimate of drug-likeness (QED) is 0.529. The maximum atomic E-state index is 12.4. The number of ketones is 1. The first-order valence-corrected chi connectivity index (χ1v) is 8.67. The number of carbonyl (C=O) groups excluding carboxylic acids is 1. The normalized spacial score (nSPS) is 14.0. The summed E-state index contributed by atoms with van der Waals surface area (Å²) in [7, 11) is 0. The fourth-order valence-corrected chi connectivity index (χ4v) is 3.17. The highest BCUT2D eigenvalue weighted by molar-refractivity contribution is 5.97. The molecule has 1 N–H and O–H groups in total. The van der Waals surface area contributed by atoms with Gasteiger partial charge in [-0.1, -0.05) is 63.6 Å². The Kier molecular flexibility index (Phi) is 6.94. The van der Waals surface area contributed by atoms with Crippen molar-refractivity contribution < 1.29 is 4.79 Å². The minimum atomic E-state index is 0.349. The summed E-state index contributed by atoms with van der Waals surface area (Å²) >= 11 is 0. The zero-order valence-electron chi connectivity index (χ0n) is 13.4. The van der Waals surface area contributed by atoms with E-state index in [9.17, 15) is 4.79 Å².